The first-order valence-corrected chi connectivity index (χ1v) is 7.99. The fraction of sp³-hybridized carbons (Fsp3) is 0.263. The SMILES string of the molecule is Cc1ccc(NC(=O)OC(C)CNC(=O)Oc2cccc(C)c2)cc1. The Balaban J connectivity index is 1.72. The number of rotatable bonds is 5. The van der Waals surface area contributed by atoms with Crippen molar-refractivity contribution in [2.24, 2.45) is 0 Å². The van der Waals surface area contributed by atoms with Crippen molar-refractivity contribution in [1.29, 1.82) is 0 Å². The lowest BCUT2D eigenvalue weighted by atomic mass is 10.2. The third-order valence-corrected chi connectivity index (χ3v) is 3.34. The van der Waals surface area contributed by atoms with Crippen LogP contribution in [0.5, 0.6) is 5.75 Å². The summed E-state index contributed by atoms with van der Waals surface area (Å²) in [5.41, 5.74) is 2.74. The maximum Gasteiger partial charge on any atom is 0.412 e. The van der Waals surface area contributed by atoms with Gasteiger partial charge in [-0.15, -0.1) is 0 Å². The second-order valence-electron chi connectivity index (χ2n) is 5.79. The Bertz CT molecular complexity index is 728. The summed E-state index contributed by atoms with van der Waals surface area (Å²) in [6.45, 7) is 5.70. The van der Waals surface area contributed by atoms with E-state index >= 15 is 0 Å². The van der Waals surface area contributed by atoms with Crippen molar-refractivity contribution in [1.82, 2.24) is 5.32 Å². The summed E-state index contributed by atoms with van der Waals surface area (Å²) in [6.07, 6.45) is -1.68. The molecule has 0 spiro atoms. The summed E-state index contributed by atoms with van der Waals surface area (Å²) in [7, 11) is 0. The van der Waals surface area contributed by atoms with Gasteiger partial charge in [-0.05, 0) is 50.6 Å². The van der Waals surface area contributed by atoms with Crippen LogP contribution in [0, 0.1) is 13.8 Å². The first-order valence-electron chi connectivity index (χ1n) is 7.99. The molecule has 2 N–H and O–H groups in total. The largest absolute Gasteiger partial charge is 0.444 e. The standard InChI is InChI=1S/C19H22N2O4/c1-13-7-9-16(10-8-13)21-19(23)24-15(3)12-20-18(22)25-17-6-4-5-14(2)11-17/h4-11,15H,12H2,1-3H3,(H,20,22)(H,21,23). The van der Waals surface area contributed by atoms with Gasteiger partial charge in [0, 0.05) is 5.69 Å². The van der Waals surface area contributed by atoms with Crippen molar-refractivity contribution in [3.63, 3.8) is 0 Å². The van der Waals surface area contributed by atoms with Gasteiger partial charge in [-0.1, -0.05) is 29.8 Å². The summed E-state index contributed by atoms with van der Waals surface area (Å²) >= 11 is 0. The Morgan fingerprint density at radius 1 is 1.00 bits per heavy atom. The van der Waals surface area contributed by atoms with Crippen LogP contribution >= 0.6 is 0 Å². The number of carbonyl (C=O) groups is 2. The Labute approximate surface area is 147 Å². The zero-order chi connectivity index (χ0) is 18.2. The van der Waals surface area contributed by atoms with Crippen LogP contribution in [0.15, 0.2) is 48.5 Å². The van der Waals surface area contributed by atoms with E-state index in [1.54, 1.807) is 37.3 Å². The molecule has 2 amide bonds. The van der Waals surface area contributed by atoms with E-state index in [9.17, 15) is 9.59 Å². The van der Waals surface area contributed by atoms with Crippen LogP contribution in [0.1, 0.15) is 18.1 Å². The zero-order valence-electron chi connectivity index (χ0n) is 14.5. The van der Waals surface area contributed by atoms with Gasteiger partial charge in [0.2, 0.25) is 0 Å². The second kappa shape index (κ2) is 8.73. The molecule has 0 aliphatic carbocycles. The molecule has 0 saturated heterocycles. The van der Waals surface area contributed by atoms with Crippen molar-refractivity contribution in [3.8, 4) is 5.75 Å². The van der Waals surface area contributed by atoms with Gasteiger partial charge >= 0.3 is 12.2 Å². The summed E-state index contributed by atoms with van der Waals surface area (Å²) in [4.78, 5) is 23.6. The molecule has 0 bridgehead atoms. The summed E-state index contributed by atoms with van der Waals surface area (Å²) in [5, 5.41) is 5.19. The van der Waals surface area contributed by atoms with E-state index in [0.717, 1.165) is 11.1 Å². The molecule has 1 atom stereocenters. The molecule has 0 radical (unpaired) electrons. The molecule has 0 heterocycles. The van der Waals surface area contributed by atoms with Crippen LogP contribution in [0.3, 0.4) is 0 Å². The maximum absolute atomic E-state index is 11.8. The van der Waals surface area contributed by atoms with Gasteiger partial charge in [0.25, 0.3) is 0 Å². The minimum Gasteiger partial charge on any atom is -0.444 e. The average molecular weight is 342 g/mol. The lowest BCUT2D eigenvalue weighted by molar-refractivity contribution is 0.118. The lowest BCUT2D eigenvalue weighted by Gasteiger charge is -2.15. The smallest absolute Gasteiger partial charge is 0.412 e. The van der Waals surface area contributed by atoms with Gasteiger partial charge in [-0.3, -0.25) is 5.32 Å². The highest BCUT2D eigenvalue weighted by Crippen LogP contribution is 2.12. The van der Waals surface area contributed by atoms with Crippen molar-refractivity contribution in [3.05, 3.63) is 59.7 Å². The van der Waals surface area contributed by atoms with Gasteiger partial charge in [0.15, 0.2) is 0 Å². The number of aryl methyl sites for hydroxylation is 2. The van der Waals surface area contributed by atoms with Gasteiger partial charge in [-0.25, -0.2) is 9.59 Å². The van der Waals surface area contributed by atoms with Crippen molar-refractivity contribution in [2.45, 2.75) is 26.9 Å². The number of anilines is 1. The summed E-state index contributed by atoms with van der Waals surface area (Å²) < 4.78 is 10.3. The van der Waals surface area contributed by atoms with Crippen LogP contribution in [0.25, 0.3) is 0 Å². The van der Waals surface area contributed by atoms with E-state index in [4.69, 9.17) is 9.47 Å². The Kier molecular flexibility index (Phi) is 6.39. The molecule has 2 aromatic rings. The number of benzene rings is 2. The topological polar surface area (TPSA) is 76.7 Å². The van der Waals surface area contributed by atoms with E-state index in [1.807, 2.05) is 32.0 Å². The third kappa shape index (κ3) is 6.55. The molecule has 0 aromatic heterocycles. The van der Waals surface area contributed by atoms with Crippen LogP contribution in [0.4, 0.5) is 15.3 Å². The molecule has 0 aliphatic heterocycles. The maximum atomic E-state index is 11.8. The van der Waals surface area contributed by atoms with E-state index in [1.165, 1.54) is 0 Å². The van der Waals surface area contributed by atoms with Gasteiger partial charge in [0.05, 0.1) is 6.54 Å². The fourth-order valence-corrected chi connectivity index (χ4v) is 2.06. The van der Waals surface area contributed by atoms with Crippen LogP contribution in [-0.2, 0) is 4.74 Å². The predicted molar refractivity (Wildman–Crippen MR) is 96.0 cm³/mol. The number of carbonyl (C=O) groups excluding carboxylic acids is 2. The minimum absolute atomic E-state index is 0.145. The van der Waals surface area contributed by atoms with Crippen molar-refractivity contribution in [2.75, 3.05) is 11.9 Å². The van der Waals surface area contributed by atoms with Crippen molar-refractivity contribution >= 4 is 17.9 Å². The molecule has 25 heavy (non-hydrogen) atoms. The van der Waals surface area contributed by atoms with E-state index in [2.05, 4.69) is 10.6 Å². The molecule has 2 aromatic carbocycles. The zero-order valence-corrected chi connectivity index (χ0v) is 14.5. The van der Waals surface area contributed by atoms with E-state index < -0.39 is 18.3 Å². The molecule has 0 aliphatic rings. The molecular formula is C19H22N2O4. The van der Waals surface area contributed by atoms with Crippen LogP contribution in [0.2, 0.25) is 0 Å². The fourth-order valence-electron chi connectivity index (χ4n) is 2.06. The Morgan fingerprint density at radius 3 is 2.40 bits per heavy atom. The molecule has 1 unspecified atom stereocenters. The normalized spacial score (nSPS) is 11.3. The van der Waals surface area contributed by atoms with Gasteiger partial charge in [-0.2, -0.15) is 0 Å². The molecule has 6 nitrogen and oxygen atoms in total. The first-order chi connectivity index (χ1) is 11.9. The number of hydrogen-bond acceptors (Lipinski definition) is 4. The van der Waals surface area contributed by atoms with Crippen LogP contribution < -0.4 is 15.4 Å². The van der Waals surface area contributed by atoms with Crippen LogP contribution in [-0.4, -0.2) is 24.8 Å². The number of hydrogen-bond donors (Lipinski definition) is 2. The highest BCUT2D eigenvalue weighted by molar-refractivity contribution is 5.84. The minimum atomic E-state index is -0.597. The Hall–Kier alpha value is -3.02. The van der Waals surface area contributed by atoms with Crippen molar-refractivity contribution < 1.29 is 19.1 Å². The molecule has 0 saturated carbocycles. The van der Waals surface area contributed by atoms with E-state index in [-0.39, 0.29) is 6.54 Å². The molecule has 6 heteroatoms. The highest BCUT2D eigenvalue weighted by Gasteiger charge is 2.12. The third-order valence-electron chi connectivity index (χ3n) is 3.34. The number of amides is 2. The van der Waals surface area contributed by atoms with Gasteiger partial charge in [0.1, 0.15) is 11.9 Å². The summed E-state index contributed by atoms with van der Waals surface area (Å²) in [5.74, 6) is 0.461. The first kappa shape index (κ1) is 18.3. The molecule has 0 fully saturated rings. The summed E-state index contributed by atoms with van der Waals surface area (Å²) in [6, 6.07) is 14.5. The van der Waals surface area contributed by atoms with Gasteiger partial charge < -0.3 is 14.8 Å². The predicted octanol–water partition coefficient (Wildman–Crippen LogP) is 4.03. The monoisotopic (exact) mass is 342 g/mol. The van der Waals surface area contributed by atoms with E-state index in [0.29, 0.717) is 11.4 Å². The highest BCUT2D eigenvalue weighted by atomic mass is 16.6. The molecule has 132 valence electrons. The Morgan fingerprint density at radius 2 is 1.72 bits per heavy atom. The number of ether oxygens (including phenoxy) is 2. The molecular weight excluding hydrogens is 320 g/mol. The molecule has 2 rings (SSSR count). The second-order valence-corrected chi connectivity index (χ2v) is 5.79. The lowest BCUT2D eigenvalue weighted by Crippen LogP contribution is -2.35. The average Bonchev–Trinajstić information content (AvgIpc) is 2.55. The number of nitrogens with one attached hydrogen (secondary N) is 2. The quantitative estimate of drug-likeness (QED) is 0.860.